The number of phenols is 1. The summed E-state index contributed by atoms with van der Waals surface area (Å²) in [5.74, 6) is 0.903. The van der Waals surface area contributed by atoms with Crippen LogP contribution in [0.1, 0.15) is 11.1 Å². The molecule has 0 aliphatic carbocycles. The fourth-order valence-electron chi connectivity index (χ4n) is 9.60. The number of aromatic hydroxyl groups is 1. The Bertz CT molecular complexity index is 3700. The third-order valence-electron chi connectivity index (χ3n) is 12.4. The SMILES string of the molecule is Cc1cccc(C)c1-n1c(-c2ccc3ccc4cccc(O)c4c3n2)nc2c(-c3[c-]c(-c4c(-c5ccccc5)cccc4-c4ccccc4)c4c(c3)oc3ccccc34)cccc21.[Pt]. The predicted molar refractivity (Wildman–Crippen MR) is 258 cm³/mol. The molecular weight excluding hydrogens is 966 g/mol. The van der Waals surface area contributed by atoms with Crippen molar-refractivity contribution in [2.45, 2.75) is 13.8 Å². The van der Waals surface area contributed by atoms with Gasteiger partial charge in [-0.15, -0.1) is 17.2 Å². The van der Waals surface area contributed by atoms with Crippen molar-refractivity contribution >= 4 is 54.6 Å². The monoisotopic (exact) mass is 1000 g/mol. The first kappa shape index (κ1) is 39.3. The number of hydrogen-bond acceptors (Lipinski definition) is 4. The summed E-state index contributed by atoms with van der Waals surface area (Å²) in [6.07, 6.45) is 0. The van der Waals surface area contributed by atoms with Crippen LogP contribution in [0.3, 0.4) is 0 Å². The summed E-state index contributed by atoms with van der Waals surface area (Å²) in [6, 6.07) is 68.8. The molecule has 308 valence electrons. The summed E-state index contributed by atoms with van der Waals surface area (Å²) in [5, 5.41) is 15.8. The Morgan fingerprint density at radius 3 is 1.91 bits per heavy atom. The maximum atomic E-state index is 11.1. The Balaban J connectivity index is 0.00000456. The zero-order chi connectivity index (χ0) is 42.2. The molecule has 12 aromatic rings. The molecule has 3 aromatic heterocycles. The van der Waals surface area contributed by atoms with Crippen LogP contribution in [0.25, 0.3) is 116 Å². The summed E-state index contributed by atoms with van der Waals surface area (Å²) in [5.41, 5.74) is 16.3. The number of nitrogens with zero attached hydrogens (tertiary/aromatic N) is 3. The van der Waals surface area contributed by atoms with Crippen LogP contribution in [0.5, 0.6) is 5.75 Å². The predicted octanol–water partition coefficient (Wildman–Crippen LogP) is 15.1. The van der Waals surface area contributed by atoms with Crippen LogP contribution in [0.2, 0.25) is 0 Å². The molecule has 1 N–H and O–H groups in total. The maximum Gasteiger partial charge on any atom is 0.163 e. The van der Waals surface area contributed by atoms with Gasteiger partial charge in [0.05, 0.1) is 27.8 Å². The Hall–Kier alpha value is -7.59. The van der Waals surface area contributed by atoms with Crippen LogP contribution >= 0.6 is 0 Å². The average molecular weight is 1000 g/mol. The molecule has 0 aliphatic rings. The first-order valence-corrected chi connectivity index (χ1v) is 21.2. The number of para-hydroxylation sites is 3. The van der Waals surface area contributed by atoms with E-state index in [2.05, 4.69) is 170 Å². The minimum Gasteiger partial charge on any atom is -0.507 e. The molecule has 5 nitrogen and oxygen atoms in total. The molecule has 0 bridgehead atoms. The van der Waals surface area contributed by atoms with E-state index in [9.17, 15) is 5.11 Å². The van der Waals surface area contributed by atoms with E-state index in [1.807, 2.05) is 36.4 Å². The van der Waals surface area contributed by atoms with Crippen molar-refractivity contribution in [2.24, 2.45) is 0 Å². The summed E-state index contributed by atoms with van der Waals surface area (Å²) < 4.78 is 9.04. The Labute approximate surface area is 384 Å². The van der Waals surface area contributed by atoms with Gasteiger partial charge in [0.1, 0.15) is 17.0 Å². The normalized spacial score (nSPS) is 11.5. The molecule has 0 saturated carbocycles. The fraction of sp³-hybridized carbons (Fsp3) is 0.0345. The average Bonchev–Trinajstić information content (AvgIpc) is 3.90. The Morgan fingerprint density at radius 2 is 1.16 bits per heavy atom. The van der Waals surface area contributed by atoms with E-state index in [0.717, 1.165) is 116 Å². The number of aromatic nitrogens is 3. The number of rotatable bonds is 6. The molecule has 0 spiro atoms. The molecule has 0 atom stereocenters. The van der Waals surface area contributed by atoms with E-state index in [-0.39, 0.29) is 26.8 Å². The minimum atomic E-state index is 0. The van der Waals surface area contributed by atoms with E-state index < -0.39 is 0 Å². The van der Waals surface area contributed by atoms with E-state index in [0.29, 0.717) is 11.5 Å². The smallest absolute Gasteiger partial charge is 0.163 e. The van der Waals surface area contributed by atoms with Gasteiger partial charge in [0, 0.05) is 31.8 Å². The molecule has 3 heterocycles. The molecule has 0 aliphatic heterocycles. The van der Waals surface area contributed by atoms with Gasteiger partial charge < -0.3 is 9.52 Å². The van der Waals surface area contributed by atoms with Crippen molar-refractivity contribution in [3.8, 4) is 67.5 Å². The van der Waals surface area contributed by atoms with Gasteiger partial charge in [-0.1, -0.05) is 175 Å². The number of furan rings is 1. The number of fused-ring (bicyclic) bond motifs is 7. The first-order valence-electron chi connectivity index (χ1n) is 21.2. The van der Waals surface area contributed by atoms with Gasteiger partial charge in [0.2, 0.25) is 0 Å². The van der Waals surface area contributed by atoms with Gasteiger partial charge in [-0.2, -0.15) is 0 Å². The standard InChI is InChI=1S/C58H38N3O2.Pt/c1-35-15-11-16-36(2)57(35)61-48-26-14-25-44(56(48)60-58(61)47-32-31-40-30-29-39-21-12-27-49(62)52(39)55(40)59-47)41-33-46(54-45-22-9-10-28-50(45)63-51(54)34-41)53-42(37-17-5-3-6-18-37)23-13-24-43(53)38-19-7-4-8-20-38;/h3-32,34,62H,1-2H3;/q-1;. The maximum absolute atomic E-state index is 11.1. The van der Waals surface area contributed by atoms with E-state index in [1.165, 1.54) is 0 Å². The van der Waals surface area contributed by atoms with Crippen molar-refractivity contribution in [3.63, 3.8) is 0 Å². The first-order chi connectivity index (χ1) is 31.0. The zero-order valence-electron chi connectivity index (χ0n) is 34.9. The second-order valence-electron chi connectivity index (χ2n) is 16.2. The van der Waals surface area contributed by atoms with E-state index in [4.69, 9.17) is 14.4 Å². The van der Waals surface area contributed by atoms with Gasteiger partial charge >= 0.3 is 0 Å². The summed E-state index contributed by atoms with van der Waals surface area (Å²) >= 11 is 0. The molecule has 0 unspecified atom stereocenters. The van der Waals surface area contributed by atoms with Gasteiger partial charge in [-0.25, -0.2) is 9.97 Å². The summed E-state index contributed by atoms with van der Waals surface area (Å²) in [6.45, 7) is 4.29. The largest absolute Gasteiger partial charge is 0.507 e. The number of imidazole rings is 1. The number of phenolic OH excluding ortho intramolecular Hbond substituents is 1. The fourth-order valence-corrected chi connectivity index (χ4v) is 9.60. The van der Waals surface area contributed by atoms with Crippen LogP contribution in [0.4, 0.5) is 0 Å². The molecule has 9 aromatic carbocycles. The molecule has 0 fully saturated rings. The third kappa shape index (κ3) is 6.26. The van der Waals surface area contributed by atoms with Crippen LogP contribution in [0, 0.1) is 19.9 Å². The minimum absolute atomic E-state index is 0. The molecule has 0 saturated heterocycles. The number of pyridine rings is 1. The Morgan fingerprint density at radius 1 is 0.531 bits per heavy atom. The van der Waals surface area contributed by atoms with E-state index >= 15 is 0 Å². The molecule has 64 heavy (non-hydrogen) atoms. The van der Waals surface area contributed by atoms with Crippen molar-refractivity contribution in [3.05, 3.63) is 205 Å². The van der Waals surface area contributed by atoms with Crippen LogP contribution in [-0.4, -0.2) is 19.6 Å². The second-order valence-corrected chi connectivity index (χ2v) is 16.2. The van der Waals surface area contributed by atoms with Gasteiger partial charge in [0.15, 0.2) is 5.82 Å². The molecule has 12 rings (SSSR count). The van der Waals surface area contributed by atoms with Gasteiger partial charge in [0.25, 0.3) is 0 Å². The van der Waals surface area contributed by atoms with E-state index in [1.54, 1.807) is 6.07 Å². The van der Waals surface area contributed by atoms with Crippen molar-refractivity contribution < 1.29 is 30.6 Å². The quantitative estimate of drug-likeness (QED) is 0.133. The molecule has 6 heteroatoms. The molecule has 0 radical (unpaired) electrons. The number of aryl methyl sites for hydroxylation is 2. The second kappa shape index (κ2) is 15.6. The third-order valence-corrected chi connectivity index (χ3v) is 12.4. The summed E-state index contributed by atoms with van der Waals surface area (Å²) in [7, 11) is 0. The molecular formula is C58H38N3O2Pt-. The number of hydrogen-bond donors (Lipinski definition) is 1. The summed E-state index contributed by atoms with van der Waals surface area (Å²) in [4.78, 5) is 10.9. The van der Waals surface area contributed by atoms with Crippen molar-refractivity contribution in [1.29, 1.82) is 0 Å². The van der Waals surface area contributed by atoms with Crippen LogP contribution in [-0.2, 0) is 21.1 Å². The van der Waals surface area contributed by atoms with Gasteiger partial charge in [-0.05, 0) is 87.7 Å². The molecule has 0 amide bonds. The topological polar surface area (TPSA) is 64.1 Å². The van der Waals surface area contributed by atoms with Gasteiger partial charge in [-0.3, -0.25) is 4.57 Å². The zero-order valence-corrected chi connectivity index (χ0v) is 37.2. The van der Waals surface area contributed by atoms with Crippen LogP contribution in [0.15, 0.2) is 192 Å². The van der Waals surface area contributed by atoms with Crippen LogP contribution < -0.4 is 0 Å². The Kier molecular flexibility index (Phi) is 9.60. The number of benzene rings is 9. The van der Waals surface area contributed by atoms with Crippen molar-refractivity contribution in [1.82, 2.24) is 14.5 Å². The van der Waals surface area contributed by atoms with Crippen molar-refractivity contribution in [2.75, 3.05) is 0 Å².